The number of fused-ring (bicyclic) bond motifs is 1. The number of hydrogen-bond donors (Lipinski definition) is 1. The Balaban J connectivity index is 1.79. The van der Waals surface area contributed by atoms with Crippen LogP contribution in [0, 0.1) is 13.8 Å². The van der Waals surface area contributed by atoms with Gasteiger partial charge in [0.2, 0.25) is 0 Å². The Bertz CT molecular complexity index is 930. The molecule has 0 unspecified atom stereocenters. The summed E-state index contributed by atoms with van der Waals surface area (Å²) in [5.74, 6) is 2.30. The van der Waals surface area contributed by atoms with Gasteiger partial charge in [-0.1, -0.05) is 22.7 Å². The van der Waals surface area contributed by atoms with Crippen LogP contribution in [-0.2, 0) is 11.5 Å². The van der Waals surface area contributed by atoms with Crippen LogP contribution < -0.4 is 5.32 Å². The number of carbonyl (C=O) groups is 1. The minimum Gasteiger partial charge on any atom is -0.305 e. The molecule has 0 saturated carbocycles. The number of nitrogens with zero attached hydrogens (tertiary/aromatic N) is 4. The molecule has 1 aromatic carbocycles. The van der Waals surface area contributed by atoms with E-state index in [1.54, 1.807) is 6.92 Å². The van der Waals surface area contributed by atoms with Gasteiger partial charge in [-0.25, -0.2) is 4.68 Å². The number of anilines is 1. The van der Waals surface area contributed by atoms with Crippen LogP contribution in [0.25, 0.3) is 5.69 Å². The lowest BCUT2D eigenvalue weighted by atomic mass is 10.2. The number of amides is 1. The van der Waals surface area contributed by atoms with Crippen LogP contribution in [0.1, 0.15) is 32.2 Å². The third-order valence-corrected chi connectivity index (χ3v) is 5.78. The van der Waals surface area contributed by atoms with Crippen molar-refractivity contribution in [2.75, 3.05) is 5.32 Å². The molecule has 0 aliphatic carbocycles. The minimum absolute atomic E-state index is 0.183. The summed E-state index contributed by atoms with van der Waals surface area (Å²) in [6.45, 7) is 3.83. The molecule has 122 valence electrons. The van der Waals surface area contributed by atoms with E-state index < -0.39 is 0 Å². The van der Waals surface area contributed by atoms with Crippen LogP contribution in [0.5, 0.6) is 0 Å². The summed E-state index contributed by atoms with van der Waals surface area (Å²) in [4.78, 5) is 13.2. The maximum absolute atomic E-state index is 12.6. The maximum Gasteiger partial charge on any atom is 0.270 e. The second-order valence-corrected chi connectivity index (χ2v) is 7.35. The summed E-state index contributed by atoms with van der Waals surface area (Å²) in [5.41, 5.74) is 4.87. The van der Waals surface area contributed by atoms with E-state index in [0.29, 0.717) is 10.6 Å². The molecule has 6 nitrogen and oxygen atoms in total. The van der Waals surface area contributed by atoms with Gasteiger partial charge in [-0.05, 0) is 37.0 Å². The standard InChI is InChI=1S/C16H15N5OS2/c1-9-5-3-4-6-13(9)21-15(11-7-23-8-12(11)19-21)17-16(22)14-10(2)18-20-24-14/h3-6H,7-8H2,1-2H3,(H,17,22). The molecule has 1 amide bonds. The van der Waals surface area contributed by atoms with Crippen molar-refractivity contribution in [1.82, 2.24) is 19.4 Å². The smallest absolute Gasteiger partial charge is 0.270 e. The fraction of sp³-hybridized carbons (Fsp3) is 0.250. The normalized spacial score (nSPS) is 13.1. The molecule has 0 radical (unpaired) electrons. The first-order valence-electron chi connectivity index (χ1n) is 7.50. The van der Waals surface area contributed by atoms with Crippen LogP contribution in [0.3, 0.4) is 0 Å². The summed E-state index contributed by atoms with van der Waals surface area (Å²) in [5, 5.41) is 11.7. The van der Waals surface area contributed by atoms with E-state index in [9.17, 15) is 4.79 Å². The summed E-state index contributed by atoms with van der Waals surface area (Å²) >= 11 is 2.92. The van der Waals surface area contributed by atoms with Gasteiger partial charge < -0.3 is 5.32 Å². The zero-order valence-electron chi connectivity index (χ0n) is 13.2. The molecule has 0 bridgehead atoms. The van der Waals surface area contributed by atoms with E-state index in [2.05, 4.69) is 14.9 Å². The van der Waals surface area contributed by atoms with Crippen molar-refractivity contribution < 1.29 is 4.79 Å². The third kappa shape index (κ3) is 2.51. The molecule has 8 heteroatoms. The Hall–Kier alpha value is -2.19. The summed E-state index contributed by atoms with van der Waals surface area (Å²) in [6, 6.07) is 8.03. The highest BCUT2D eigenvalue weighted by Crippen LogP contribution is 2.36. The Kier molecular flexibility index (Phi) is 3.85. The predicted molar refractivity (Wildman–Crippen MR) is 95.9 cm³/mol. The molecule has 0 spiro atoms. The van der Waals surface area contributed by atoms with E-state index in [-0.39, 0.29) is 5.91 Å². The maximum atomic E-state index is 12.6. The molecular formula is C16H15N5OS2. The van der Waals surface area contributed by atoms with Gasteiger partial charge in [0.1, 0.15) is 10.7 Å². The molecule has 24 heavy (non-hydrogen) atoms. The topological polar surface area (TPSA) is 72.7 Å². The van der Waals surface area contributed by atoms with Gasteiger partial charge in [0, 0.05) is 17.1 Å². The monoisotopic (exact) mass is 357 g/mol. The van der Waals surface area contributed by atoms with Crippen molar-refractivity contribution in [2.45, 2.75) is 25.4 Å². The predicted octanol–water partition coefficient (Wildman–Crippen LogP) is 3.34. The Morgan fingerprint density at radius 2 is 2.08 bits per heavy atom. The number of aromatic nitrogens is 4. The fourth-order valence-corrected chi connectivity index (χ4v) is 4.31. The van der Waals surface area contributed by atoms with Crippen molar-refractivity contribution in [3.63, 3.8) is 0 Å². The fourth-order valence-electron chi connectivity index (χ4n) is 2.72. The molecule has 3 heterocycles. The number of para-hydroxylation sites is 1. The number of hydrogen-bond acceptors (Lipinski definition) is 6. The summed E-state index contributed by atoms with van der Waals surface area (Å²) in [7, 11) is 0. The van der Waals surface area contributed by atoms with Gasteiger partial charge >= 0.3 is 0 Å². The SMILES string of the molecule is Cc1ccccc1-n1nc2c(c1NC(=O)c1snnc1C)CSC2. The number of nitrogens with one attached hydrogen (secondary N) is 1. The summed E-state index contributed by atoms with van der Waals surface area (Å²) < 4.78 is 5.69. The average molecular weight is 357 g/mol. The zero-order chi connectivity index (χ0) is 16.7. The van der Waals surface area contributed by atoms with Gasteiger partial charge in [0.25, 0.3) is 5.91 Å². The first kappa shape index (κ1) is 15.3. The lowest BCUT2D eigenvalue weighted by Crippen LogP contribution is -2.16. The van der Waals surface area contributed by atoms with Crippen molar-refractivity contribution in [1.29, 1.82) is 0 Å². The first-order chi connectivity index (χ1) is 11.6. The third-order valence-electron chi connectivity index (χ3n) is 3.99. The molecular weight excluding hydrogens is 342 g/mol. The highest BCUT2D eigenvalue weighted by molar-refractivity contribution is 7.98. The van der Waals surface area contributed by atoms with Crippen LogP contribution in [0.15, 0.2) is 24.3 Å². The van der Waals surface area contributed by atoms with Crippen LogP contribution >= 0.6 is 23.3 Å². The van der Waals surface area contributed by atoms with Crippen molar-refractivity contribution in [3.8, 4) is 5.69 Å². The first-order valence-corrected chi connectivity index (χ1v) is 9.43. The lowest BCUT2D eigenvalue weighted by molar-refractivity contribution is 0.102. The van der Waals surface area contributed by atoms with E-state index in [1.807, 2.05) is 47.6 Å². The Morgan fingerprint density at radius 3 is 2.83 bits per heavy atom. The van der Waals surface area contributed by atoms with Gasteiger partial charge in [-0.3, -0.25) is 4.79 Å². The van der Waals surface area contributed by atoms with Gasteiger partial charge in [-0.15, -0.1) is 5.10 Å². The molecule has 0 saturated heterocycles. The van der Waals surface area contributed by atoms with Crippen LogP contribution in [0.2, 0.25) is 0 Å². The lowest BCUT2D eigenvalue weighted by Gasteiger charge is -2.12. The largest absolute Gasteiger partial charge is 0.305 e. The van der Waals surface area contributed by atoms with Crippen molar-refractivity contribution >= 4 is 35.0 Å². The average Bonchev–Trinajstić information content (AvgIpc) is 3.25. The molecule has 0 atom stereocenters. The molecule has 1 N–H and O–H groups in total. The number of rotatable bonds is 3. The van der Waals surface area contributed by atoms with Gasteiger partial charge in [0.15, 0.2) is 0 Å². The van der Waals surface area contributed by atoms with Gasteiger partial charge in [0.05, 0.1) is 17.1 Å². The van der Waals surface area contributed by atoms with Gasteiger partial charge in [-0.2, -0.15) is 16.9 Å². The second kappa shape index (κ2) is 6.03. The van der Waals surface area contributed by atoms with Crippen LogP contribution in [0.4, 0.5) is 5.82 Å². The Morgan fingerprint density at radius 1 is 1.25 bits per heavy atom. The molecule has 1 aliphatic heterocycles. The second-order valence-electron chi connectivity index (χ2n) is 5.61. The molecule has 4 rings (SSSR count). The number of carbonyl (C=O) groups excluding carboxylic acids is 1. The molecule has 2 aromatic heterocycles. The molecule has 0 fully saturated rings. The quantitative estimate of drug-likeness (QED) is 0.778. The number of benzene rings is 1. The molecule has 1 aliphatic rings. The van der Waals surface area contributed by atoms with E-state index in [4.69, 9.17) is 5.10 Å². The van der Waals surface area contributed by atoms with E-state index in [1.165, 1.54) is 0 Å². The highest BCUT2D eigenvalue weighted by Gasteiger charge is 2.26. The Labute approximate surface area is 147 Å². The van der Waals surface area contributed by atoms with Crippen LogP contribution in [-0.4, -0.2) is 25.3 Å². The van der Waals surface area contributed by atoms with Crippen molar-refractivity contribution in [2.24, 2.45) is 0 Å². The number of aryl methyl sites for hydroxylation is 2. The highest BCUT2D eigenvalue weighted by atomic mass is 32.2. The number of thioether (sulfide) groups is 1. The van der Waals surface area contributed by atoms with E-state index in [0.717, 1.165) is 51.4 Å². The van der Waals surface area contributed by atoms with E-state index >= 15 is 0 Å². The zero-order valence-corrected chi connectivity index (χ0v) is 14.9. The van der Waals surface area contributed by atoms with Crippen molar-refractivity contribution in [3.05, 3.63) is 51.7 Å². The minimum atomic E-state index is -0.183. The molecule has 3 aromatic rings. The summed E-state index contributed by atoms with van der Waals surface area (Å²) in [6.07, 6.45) is 0.